The maximum Gasteiger partial charge on any atom is 0.221 e. The highest BCUT2D eigenvalue weighted by Crippen LogP contribution is 2.21. The Morgan fingerprint density at radius 2 is 2.06 bits per heavy atom. The molecule has 0 aromatic carbocycles. The van der Waals surface area contributed by atoms with Gasteiger partial charge in [-0.25, -0.2) is 0 Å². The highest BCUT2D eigenvalue weighted by atomic mass is 16.1. The number of carbonyl (C=O) groups excluding carboxylic acids is 1. The molecular formula is C14H23N3O. The molecule has 1 aromatic heterocycles. The number of nitrogens with one attached hydrogen (secondary N) is 1. The fourth-order valence-corrected chi connectivity index (χ4v) is 1.66. The molecule has 0 saturated heterocycles. The zero-order chi connectivity index (χ0) is 13.8. The molecule has 0 aliphatic carbocycles. The number of rotatable bonds is 5. The van der Waals surface area contributed by atoms with E-state index in [1.165, 1.54) is 0 Å². The second-order valence-electron chi connectivity index (χ2n) is 6.07. The van der Waals surface area contributed by atoms with Gasteiger partial charge in [-0.1, -0.05) is 19.9 Å². The number of pyridine rings is 1. The number of hydrogen-bond donors (Lipinski definition) is 2. The Balaban J connectivity index is 2.55. The Labute approximate surface area is 109 Å². The lowest BCUT2D eigenvalue weighted by Crippen LogP contribution is -2.42. The van der Waals surface area contributed by atoms with E-state index in [9.17, 15) is 4.79 Å². The van der Waals surface area contributed by atoms with Crippen molar-refractivity contribution in [3.8, 4) is 0 Å². The van der Waals surface area contributed by atoms with Gasteiger partial charge in [0, 0.05) is 36.3 Å². The van der Waals surface area contributed by atoms with Gasteiger partial charge in [-0.3, -0.25) is 9.78 Å². The number of nitrogens with zero attached hydrogens (tertiary/aromatic N) is 1. The van der Waals surface area contributed by atoms with Crippen LogP contribution in [0.1, 0.15) is 39.7 Å². The van der Waals surface area contributed by atoms with Gasteiger partial charge < -0.3 is 11.1 Å². The number of carbonyl (C=O) groups is 1. The minimum absolute atomic E-state index is 0.0144. The van der Waals surface area contributed by atoms with Gasteiger partial charge >= 0.3 is 0 Å². The average Bonchev–Trinajstić information content (AvgIpc) is 2.26. The first-order chi connectivity index (χ1) is 8.21. The molecule has 0 aliphatic heterocycles. The third-order valence-electron chi connectivity index (χ3n) is 2.79. The summed E-state index contributed by atoms with van der Waals surface area (Å²) in [5.41, 5.74) is 6.32. The van der Waals surface area contributed by atoms with Crippen molar-refractivity contribution in [1.29, 1.82) is 0 Å². The predicted molar refractivity (Wildman–Crippen MR) is 73.2 cm³/mol. The Morgan fingerprint density at radius 3 is 2.56 bits per heavy atom. The largest absolute Gasteiger partial charge is 0.355 e. The van der Waals surface area contributed by atoms with Crippen LogP contribution >= 0.6 is 0 Å². The molecule has 0 unspecified atom stereocenters. The van der Waals surface area contributed by atoms with Crippen LogP contribution in [0.15, 0.2) is 24.5 Å². The molecule has 1 rings (SSSR count). The van der Waals surface area contributed by atoms with Crippen LogP contribution in [0.4, 0.5) is 0 Å². The molecule has 0 radical (unpaired) electrons. The Kier molecular flexibility index (Phi) is 4.46. The lowest BCUT2D eigenvalue weighted by atomic mass is 9.85. The Hall–Kier alpha value is -1.42. The van der Waals surface area contributed by atoms with Gasteiger partial charge in [-0.2, -0.15) is 0 Å². The summed E-state index contributed by atoms with van der Waals surface area (Å²) in [7, 11) is 0. The third-order valence-corrected chi connectivity index (χ3v) is 2.79. The molecule has 100 valence electrons. The van der Waals surface area contributed by atoms with E-state index in [2.05, 4.69) is 24.1 Å². The fraction of sp³-hybridized carbons (Fsp3) is 0.571. The molecule has 18 heavy (non-hydrogen) atoms. The minimum Gasteiger partial charge on any atom is -0.355 e. The van der Waals surface area contributed by atoms with Crippen LogP contribution < -0.4 is 11.1 Å². The summed E-state index contributed by atoms with van der Waals surface area (Å²) in [6.07, 6.45) is 3.91. The molecule has 0 saturated carbocycles. The fourth-order valence-electron chi connectivity index (χ4n) is 1.66. The van der Waals surface area contributed by atoms with Crippen LogP contribution in [0.3, 0.4) is 0 Å². The number of nitrogens with two attached hydrogens (primary N) is 1. The monoisotopic (exact) mass is 249 g/mol. The minimum atomic E-state index is -0.470. The molecule has 0 aliphatic rings. The molecule has 4 nitrogen and oxygen atoms in total. The van der Waals surface area contributed by atoms with Crippen molar-refractivity contribution in [3.05, 3.63) is 30.1 Å². The van der Waals surface area contributed by atoms with Crippen LogP contribution in [-0.2, 0) is 10.2 Å². The van der Waals surface area contributed by atoms with Gasteiger partial charge in [0.1, 0.15) is 0 Å². The molecule has 1 aromatic rings. The first-order valence-electron chi connectivity index (χ1n) is 6.17. The van der Waals surface area contributed by atoms with Gasteiger partial charge in [0.15, 0.2) is 0 Å². The van der Waals surface area contributed by atoms with Gasteiger partial charge in [0.25, 0.3) is 0 Å². The molecule has 0 bridgehead atoms. The third kappa shape index (κ3) is 4.84. The standard InChI is InChI=1S/C14H23N3O/c1-13(2,11-6-5-7-16-9-11)10-17-12(18)8-14(3,4)15/h5-7,9H,8,10,15H2,1-4H3,(H,17,18). The second kappa shape index (κ2) is 5.48. The quantitative estimate of drug-likeness (QED) is 0.833. The first-order valence-corrected chi connectivity index (χ1v) is 6.17. The van der Waals surface area contributed by atoms with E-state index in [0.717, 1.165) is 5.56 Å². The van der Waals surface area contributed by atoms with Crippen molar-refractivity contribution in [3.63, 3.8) is 0 Å². The highest BCUT2D eigenvalue weighted by Gasteiger charge is 2.23. The summed E-state index contributed by atoms with van der Waals surface area (Å²) >= 11 is 0. The van der Waals surface area contributed by atoms with Crippen molar-refractivity contribution in [2.75, 3.05) is 6.54 Å². The van der Waals surface area contributed by atoms with Gasteiger partial charge in [0.2, 0.25) is 5.91 Å². The summed E-state index contributed by atoms with van der Waals surface area (Å²) in [5, 5.41) is 2.93. The van der Waals surface area contributed by atoms with Crippen LogP contribution in [0, 0.1) is 0 Å². The normalized spacial score (nSPS) is 12.3. The van der Waals surface area contributed by atoms with E-state index in [0.29, 0.717) is 13.0 Å². The maximum atomic E-state index is 11.7. The summed E-state index contributed by atoms with van der Waals surface area (Å²) in [6.45, 7) is 8.43. The molecule has 4 heteroatoms. The molecule has 0 fully saturated rings. The van der Waals surface area contributed by atoms with E-state index >= 15 is 0 Å². The van der Waals surface area contributed by atoms with E-state index in [-0.39, 0.29) is 11.3 Å². The SMILES string of the molecule is CC(C)(N)CC(=O)NCC(C)(C)c1cccnc1. The summed E-state index contributed by atoms with van der Waals surface area (Å²) in [4.78, 5) is 15.8. The first kappa shape index (κ1) is 14.6. The van der Waals surface area contributed by atoms with E-state index in [1.807, 2.05) is 32.2 Å². The summed E-state index contributed by atoms with van der Waals surface area (Å²) in [6, 6.07) is 3.92. The number of amides is 1. The molecular weight excluding hydrogens is 226 g/mol. The van der Waals surface area contributed by atoms with Crippen molar-refractivity contribution in [1.82, 2.24) is 10.3 Å². The smallest absolute Gasteiger partial charge is 0.221 e. The van der Waals surface area contributed by atoms with Crippen molar-refractivity contribution in [2.24, 2.45) is 5.73 Å². The number of hydrogen-bond acceptors (Lipinski definition) is 3. The summed E-state index contributed by atoms with van der Waals surface area (Å²) in [5.74, 6) is -0.0144. The molecule has 0 atom stereocenters. The zero-order valence-corrected chi connectivity index (χ0v) is 11.7. The highest BCUT2D eigenvalue weighted by molar-refractivity contribution is 5.77. The maximum absolute atomic E-state index is 11.7. The van der Waals surface area contributed by atoms with E-state index < -0.39 is 5.54 Å². The number of aromatic nitrogens is 1. The molecule has 1 heterocycles. The zero-order valence-electron chi connectivity index (χ0n) is 11.7. The average molecular weight is 249 g/mol. The van der Waals surface area contributed by atoms with Gasteiger partial charge in [-0.05, 0) is 25.5 Å². The Bertz CT molecular complexity index is 393. The summed E-state index contributed by atoms with van der Waals surface area (Å²) < 4.78 is 0. The Morgan fingerprint density at radius 1 is 1.39 bits per heavy atom. The van der Waals surface area contributed by atoms with Crippen molar-refractivity contribution >= 4 is 5.91 Å². The van der Waals surface area contributed by atoms with Crippen LogP contribution in [0.2, 0.25) is 0 Å². The second-order valence-corrected chi connectivity index (χ2v) is 6.07. The van der Waals surface area contributed by atoms with Crippen LogP contribution in [-0.4, -0.2) is 23.0 Å². The van der Waals surface area contributed by atoms with Gasteiger partial charge in [-0.15, -0.1) is 0 Å². The molecule has 3 N–H and O–H groups in total. The molecule has 1 amide bonds. The lowest BCUT2D eigenvalue weighted by Gasteiger charge is -2.26. The van der Waals surface area contributed by atoms with Crippen molar-refractivity contribution in [2.45, 2.75) is 45.1 Å². The topological polar surface area (TPSA) is 68.0 Å². The predicted octanol–water partition coefficient (Wildman–Crippen LogP) is 1.60. The van der Waals surface area contributed by atoms with E-state index in [1.54, 1.807) is 6.20 Å². The van der Waals surface area contributed by atoms with Crippen molar-refractivity contribution < 1.29 is 4.79 Å². The van der Waals surface area contributed by atoms with Crippen LogP contribution in [0.5, 0.6) is 0 Å². The lowest BCUT2D eigenvalue weighted by molar-refractivity contribution is -0.122. The van der Waals surface area contributed by atoms with E-state index in [4.69, 9.17) is 5.73 Å². The molecule has 0 spiro atoms. The van der Waals surface area contributed by atoms with Gasteiger partial charge in [0.05, 0.1) is 0 Å². The van der Waals surface area contributed by atoms with Crippen LogP contribution in [0.25, 0.3) is 0 Å².